The van der Waals surface area contributed by atoms with E-state index in [1.165, 1.54) is 4.57 Å². The minimum Gasteiger partial charge on any atom is -0.349 e. The van der Waals surface area contributed by atoms with E-state index in [0.717, 1.165) is 0 Å². The number of nitrogens with one attached hydrogen (secondary N) is 1. The van der Waals surface area contributed by atoms with Crippen molar-refractivity contribution in [1.82, 2.24) is 4.57 Å². The van der Waals surface area contributed by atoms with Gasteiger partial charge >= 0.3 is 11.2 Å². The summed E-state index contributed by atoms with van der Waals surface area (Å²) in [6.07, 6.45) is 0. The monoisotopic (exact) mass is 357 g/mol. The van der Waals surface area contributed by atoms with E-state index in [1.807, 2.05) is 24.3 Å². The van der Waals surface area contributed by atoms with Crippen LogP contribution in [0.4, 0.5) is 17.1 Å². The van der Waals surface area contributed by atoms with Crippen LogP contribution >= 0.6 is 0 Å². The fourth-order valence-electron chi connectivity index (χ4n) is 3.12. The fraction of sp³-hybridized carbons (Fsp3) is 0. The molecule has 1 aromatic heterocycles. The summed E-state index contributed by atoms with van der Waals surface area (Å²) in [5, 5.41) is 15.5. The lowest BCUT2D eigenvalue weighted by Crippen LogP contribution is -2.23. The summed E-state index contributed by atoms with van der Waals surface area (Å²) in [5.41, 5.74) is 0.872. The summed E-state index contributed by atoms with van der Waals surface area (Å²) in [7, 11) is 0. The molecule has 3 aromatic carbocycles. The Morgan fingerprint density at radius 1 is 0.815 bits per heavy atom. The molecule has 0 atom stereocenters. The quantitative estimate of drug-likeness (QED) is 0.426. The van der Waals surface area contributed by atoms with Crippen molar-refractivity contribution in [3.05, 3.63) is 105 Å². The molecule has 6 nitrogen and oxygen atoms in total. The first-order valence-electron chi connectivity index (χ1n) is 8.36. The van der Waals surface area contributed by atoms with Crippen molar-refractivity contribution in [3.63, 3.8) is 0 Å². The van der Waals surface area contributed by atoms with Gasteiger partial charge in [0.15, 0.2) is 0 Å². The SMILES string of the molecule is O=c1c([N+](=O)[O-])c(Nc2ccccc2)c2ccccc2n1-c1ccccc1. The Labute approximate surface area is 154 Å². The molecule has 1 N–H and O–H groups in total. The summed E-state index contributed by atoms with van der Waals surface area (Å²) in [4.78, 5) is 24.3. The molecule has 0 aliphatic rings. The van der Waals surface area contributed by atoms with Crippen LogP contribution in [0.1, 0.15) is 0 Å². The van der Waals surface area contributed by atoms with Crippen LogP contribution in [0.15, 0.2) is 89.7 Å². The summed E-state index contributed by atoms with van der Waals surface area (Å²) in [5.74, 6) is 0. The molecular weight excluding hydrogens is 342 g/mol. The molecule has 132 valence electrons. The lowest BCUT2D eigenvalue weighted by atomic mass is 10.1. The number of anilines is 2. The molecule has 1 heterocycles. The lowest BCUT2D eigenvalue weighted by molar-refractivity contribution is -0.385. The average molecular weight is 357 g/mol. The van der Waals surface area contributed by atoms with Crippen LogP contribution in [0.25, 0.3) is 16.6 Å². The topological polar surface area (TPSA) is 77.2 Å². The molecule has 0 amide bonds. The first-order valence-corrected chi connectivity index (χ1v) is 8.36. The molecular formula is C21H15N3O3. The van der Waals surface area contributed by atoms with E-state index in [4.69, 9.17) is 0 Å². The van der Waals surface area contributed by atoms with E-state index in [0.29, 0.717) is 22.3 Å². The van der Waals surface area contributed by atoms with Crippen LogP contribution in [0.3, 0.4) is 0 Å². The maximum Gasteiger partial charge on any atom is 0.358 e. The van der Waals surface area contributed by atoms with E-state index in [2.05, 4.69) is 5.32 Å². The number of hydrogen-bond acceptors (Lipinski definition) is 4. The van der Waals surface area contributed by atoms with Gasteiger partial charge in [0, 0.05) is 16.8 Å². The third-order valence-corrected chi connectivity index (χ3v) is 4.30. The molecule has 4 rings (SSSR count). The van der Waals surface area contributed by atoms with Crippen LogP contribution in [0.2, 0.25) is 0 Å². The second-order valence-electron chi connectivity index (χ2n) is 5.97. The van der Waals surface area contributed by atoms with Gasteiger partial charge < -0.3 is 5.32 Å². The predicted molar refractivity (Wildman–Crippen MR) is 106 cm³/mol. The molecule has 6 heteroatoms. The zero-order chi connectivity index (χ0) is 18.8. The number of nitro groups is 1. The first kappa shape index (κ1) is 16.5. The van der Waals surface area contributed by atoms with Crippen molar-refractivity contribution in [1.29, 1.82) is 0 Å². The minimum absolute atomic E-state index is 0.194. The maximum atomic E-state index is 13.1. The standard InChI is InChI=1S/C21H15N3O3/c25-21-20(24(26)27)19(22-15-9-3-1-4-10-15)17-13-7-8-14-18(17)23(21)16-11-5-2-6-12-16/h1-14,22H. The number of benzene rings is 3. The molecule has 0 spiro atoms. The van der Waals surface area contributed by atoms with E-state index in [9.17, 15) is 14.9 Å². The van der Waals surface area contributed by atoms with Gasteiger partial charge in [-0.2, -0.15) is 0 Å². The predicted octanol–water partition coefficient (Wildman–Crippen LogP) is 4.64. The number of pyridine rings is 1. The van der Waals surface area contributed by atoms with Crippen LogP contribution in [-0.2, 0) is 0 Å². The third kappa shape index (κ3) is 2.93. The summed E-state index contributed by atoms with van der Waals surface area (Å²) in [6, 6.07) is 25.1. The molecule has 0 bridgehead atoms. The Kier molecular flexibility index (Phi) is 4.14. The first-order chi connectivity index (χ1) is 13.2. The van der Waals surface area contributed by atoms with Gasteiger partial charge in [0.2, 0.25) is 0 Å². The van der Waals surface area contributed by atoms with Crippen LogP contribution in [0.5, 0.6) is 0 Å². The smallest absolute Gasteiger partial charge is 0.349 e. The van der Waals surface area contributed by atoms with Gasteiger partial charge in [0.25, 0.3) is 0 Å². The van der Waals surface area contributed by atoms with Gasteiger partial charge in [0.05, 0.1) is 10.4 Å². The molecule has 27 heavy (non-hydrogen) atoms. The number of nitrogens with zero attached hydrogens (tertiary/aromatic N) is 2. The minimum atomic E-state index is -0.677. The van der Waals surface area contributed by atoms with Gasteiger partial charge in [-0.3, -0.25) is 19.5 Å². The van der Waals surface area contributed by atoms with Crippen LogP contribution in [0, 0.1) is 10.1 Å². The number of rotatable bonds is 4. The Morgan fingerprint density at radius 2 is 1.41 bits per heavy atom. The van der Waals surface area contributed by atoms with Crippen molar-refractivity contribution in [2.24, 2.45) is 0 Å². The summed E-state index contributed by atoms with van der Waals surface area (Å²) in [6.45, 7) is 0. The van der Waals surface area contributed by atoms with Crippen LogP contribution < -0.4 is 10.9 Å². The molecule has 0 fully saturated rings. The molecule has 0 unspecified atom stereocenters. The number of para-hydroxylation sites is 3. The Morgan fingerprint density at radius 3 is 2.07 bits per heavy atom. The molecule has 0 saturated carbocycles. The number of fused-ring (bicyclic) bond motifs is 1. The van der Waals surface area contributed by atoms with E-state index >= 15 is 0 Å². The second kappa shape index (κ2) is 6.76. The summed E-state index contributed by atoms with van der Waals surface area (Å²) >= 11 is 0. The van der Waals surface area contributed by atoms with Gasteiger partial charge in [-0.15, -0.1) is 0 Å². The van der Waals surface area contributed by atoms with Gasteiger partial charge in [-0.25, -0.2) is 0 Å². The Balaban J connectivity index is 2.09. The van der Waals surface area contributed by atoms with E-state index in [1.54, 1.807) is 60.7 Å². The maximum absolute atomic E-state index is 13.1. The van der Waals surface area contributed by atoms with Crippen molar-refractivity contribution >= 4 is 28.0 Å². The lowest BCUT2D eigenvalue weighted by Gasteiger charge is -2.15. The highest BCUT2D eigenvalue weighted by molar-refractivity contribution is 5.98. The van der Waals surface area contributed by atoms with Crippen molar-refractivity contribution in [3.8, 4) is 5.69 Å². The third-order valence-electron chi connectivity index (χ3n) is 4.30. The molecule has 4 aromatic rings. The van der Waals surface area contributed by atoms with Crippen LogP contribution in [-0.4, -0.2) is 9.49 Å². The van der Waals surface area contributed by atoms with E-state index in [-0.39, 0.29) is 5.69 Å². The zero-order valence-corrected chi connectivity index (χ0v) is 14.2. The highest BCUT2D eigenvalue weighted by atomic mass is 16.6. The number of aromatic nitrogens is 1. The van der Waals surface area contributed by atoms with Gasteiger partial charge in [0.1, 0.15) is 5.69 Å². The Hall–Kier alpha value is -3.93. The van der Waals surface area contributed by atoms with Crippen molar-refractivity contribution in [2.45, 2.75) is 0 Å². The largest absolute Gasteiger partial charge is 0.358 e. The van der Waals surface area contributed by atoms with Crippen molar-refractivity contribution < 1.29 is 4.92 Å². The van der Waals surface area contributed by atoms with Gasteiger partial charge in [-0.1, -0.05) is 54.6 Å². The normalized spacial score (nSPS) is 10.7. The van der Waals surface area contributed by atoms with Crippen molar-refractivity contribution in [2.75, 3.05) is 5.32 Å². The summed E-state index contributed by atoms with van der Waals surface area (Å²) < 4.78 is 1.38. The highest BCUT2D eigenvalue weighted by Gasteiger charge is 2.26. The zero-order valence-electron chi connectivity index (χ0n) is 14.2. The molecule has 0 saturated heterocycles. The fourth-order valence-corrected chi connectivity index (χ4v) is 3.12. The molecule has 0 aliphatic carbocycles. The van der Waals surface area contributed by atoms with Gasteiger partial charge in [-0.05, 0) is 30.3 Å². The second-order valence-corrected chi connectivity index (χ2v) is 5.97. The average Bonchev–Trinajstić information content (AvgIpc) is 2.69. The molecule has 0 aliphatic heterocycles. The number of hydrogen-bond donors (Lipinski definition) is 1. The molecule has 0 radical (unpaired) electrons. The highest BCUT2D eigenvalue weighted by Crippen LogP contribution is 2.33. The van der Waals surface area contributed by atoms with E-state index < -0.39 is 16.2 Å². The Bertz CT molecular complexity index is 1190.